The van der Waals surface area contributed by atoms with Crippen LogP contribution in [0.1, 0.15) is 59.9 Å². The van der Waals surface area contributed by atoms with Gasteiger partial charge in [-0.25, -0.2) is 4.98 Å². The fourth-order valence-corrected chi connectivity index (χ4v) is 6.89. The summed E-state index contributed by atoms with van der Waals surface area (Å²) >= 11 is 0. The highest BCUT2D eigenvalue weighted by atomic mass is 16.3. The van der Waals surface area contributed by atoms with Crippen molar-refractivity contribution in [3.63, 3.8) is 0 Å². The lowest BCUT2D eigenvalue weighted by Crippen LogP contribution is -2.11. The number of phenolic OH excluding ortho intramolecular Hbond substituents is 1. The zero-order chi connectivity index (χ0) is 42.0. The number of hydrogen-bond acceptors (Lipinski definition) is 3. The van der Waals surface area contributed by atoms with E-state index in [0.29, 0.717) is 28.2 Å². The van der Waals surface area contributed by atoms with Crippen LogP contribution in [0.25, 0.3) is 72.7 Å². The molecule has 0 saturated heterocycles. The Kier molecular flexibility index (Phi) is 7.08. The number of phenols is 1. The highest BCUT2D eigenvalue weighted by Crippen LogP contribution is 2.41. The van der Waals surface area contributed by atoms with Crippen molar-refractivity contribution < 1.29 is 13.3 Å². The van der Waals surface area contributed by atoms with Crippen molar-refractivity contribution in [3.05, 3.63) is 169 Å². The average Bonchev–Trinajstić information content (AvgIpc) is 3.61. The van der Waals surface area contributed by atoms with Crippen molar-refractivity contribution in [1.29, 1.82) is 0 Å². The first kappa shape index (κ1) is 27.4. The zero-order valence-corrected chi connectivity index (χ0v) is 30.4. The van der Waals surface area contributed by atoms with Gasteiger partial charge in [0.15, 0.2) is 0 Å². The van der Waals surface area contributed by atoms with Crippen LogP contribution in [-0.4, -0.2) is 19.6 Å². The first-order chi connectivity index (χ1) is 28.0. The predicted molar refractivity (Wildman–Crippen MR) is 220 cm³/mol. The Bertz CT molecular complexity index is 2900. The molecule has 0 atom stereocenters. The van der Waals surface area contributed by atoms with Crippen LogP contribution in [0.4, 0.5) is 0 Å². The highest BCUT2D eigenvalue weighted by Gasteiger charge is 2.23. The van der Waals surface area contributed by atoms with Gasteiger partial charge in [0.25, 0.3) is 0 Å². The molecule has 0 radical (unpaired) electrons. The molecule has 260 valence electrons. The monoisotopic (exact) mass is 695 g/mol. The SMILES string of the molecule is [2H]c1c([2H])c([2H])c(-c2ccnc(-c3cc(-c4cccc5c4nc(-c4ccccc4O)n5-c4ccc(-c5ccccc5)c(C([2H])(C)C)c4)cc(C(C)(C)C)c3)c2)c([2H])c1[2H]. The van der Waals surface area contributed by atoms with Gasteiger partial charge >= 0.3 is 0 Å². The number of hydrogen-bond donors (Lipinski definition) is 1. The lowest BCUT2D eigenvalue weighted by Gasteiger charge is -2.22. The maximum atomic E-state index is 11.3. The Labute approximate surface area is 320 Å². The molecule has 4 heteroatoms. The largest absolute Gasteiger partial charge is 0.507 e. The summed E-state index contributed by atoms with van der Waals surface area (Å²) < 4.78 is 53.1. The predicted octanol–water partition coefficient (Wildman–Crippen LogP) is 12.9. The summed E-state index contributed by atoms with van der Waals surface area (Å²) in [4.78, 5) is 10.0. The maximum Gasteiger partial charge on any atom is 0.149 e. The molecular formula is C49H43N3O. The van der Waals surface area contributed by atoms with Gasteiger partial charge in [0.2, 0.25) is 0 Å². The molecule has 53 heavy (non-hydrogen) atoms. The molecule has 2 heterocycles. The van der Waals surface area contributed by atoms with Gasteiger partial charge in [-0.1, -0.05) is 132 Å². The van der Waals surface area contributed by atoms with E-state index in [2.05, 4.69) is 61.7 Å². The Balaban J connectivity index is 1.36. The van der Waals surface area contributed by atoms with Crippen molar-refractivity contribution in [2.75, 3.05) is 0 Å². The number of rotatable bonds is 7. The quantitative estimate of drug-likeness (QED) is 0.181. The van der Waals surface area contributed by atoms with E-state index >= 15 is 0 Å². The molecule has 0 bridgehead atoms. The van der Waals surface area contributed by atoms with Gasteiger partial charge < -0.3 is 5.11 Å². The summed E-state index contributed by atoms with van der Waals surface area (Å²) in [6.07, 6.45) is 1.60. The Hall–Kier alpha value is -6.26. The second-order valence-corrected chi connectivity index (χ2v) is 14.5. The number of fused-ring (bicyclic) bond motifs is 1. The lowest BCUT2D eigenvalue weighted by atomic mass is 9.83. The van der Waals surface area contributed by atoms with Crippen molar-refractivity contribution in [1.82, 2.24) is 14.5 Å². The summed E-state index contributed by atoms with van der Waals surface area (Å²) in [6.45, 7) is 10.2. The molecule has 0 amide bonds. The number of aromatic hydroxyl groups is 1. The molecule has 0 fully saturated rings. The Morgan fingerprint density at radius 2 is 1.40 bits per heavy atom. The van der Waals surface area contributed by atoms with E-state index in [1.54, 1.807) is 30.5 Å². The smallest absolute Gasteiger partial charge is 0.149 e. The summed E-state index contributed by atoms with van der Waals surface area (Å²) in [5.74, 6) is -0.295. The highest BCUT2D eigenvalue weighted by molar-refractivity contribution is 5.97. The standard InChI is InChI=1S/C49H43N3O/c1-32(2)43-31-39(23-24-40(43)34-17-10-7-11-18-34)52-45-21-14-20-41(47(45)51-48(52)42-19-12-13-22-46(42)53)36-27-37(29-38(28-36)49(3,4)5)44-30-35(25-26-50-44)33-15-8-6-9-16-33/h6-32,53H,1-5H3/i6D,8D,9D,15D,16D,32D. The van der Waals surface area contributed by atoms with Gasteiger partial charge in [-0.15, -0.1) is 0 Å². The van der Waals surface area contributed by atoms with E-state index in [4.69, 9.17) is 16.8 Å². The minimum absolute atomic E-state index is 0.0923. The first-order valence-electron chi connectivity index (χ1n) is 20.7. The van der Waals surface area contributed by atoms with Crippen molar-refractivity contribution in [2.45, 2.75) is 45.9 Å². The van der Waals surface area contributed by atoms with Crippen molar-refractivity contribution in [2.24, 2.45) is 0 Å². The van der Waals surface area contributed by atoms with Gasteiger partial charge in [0, 0.05) is 24.4 Å². The van der Waals surface area contributed by atoms with Crippen molar-refractivity contribution >= 4 is 11.0 Å². The van der Waals surface area contributed by atoms with E-state index in [9.17, 15) is 6.48 Å². The van der Waals surface area contributed by atoms with E-state index < -0.39 is 11.9 Å². The van der Waals surface area contributed by atoms with Gasteiger partial charge in [-0.05, 0) is 105 Å². The summed E-state index contributed by atoms with van der Waals surface area (Å²) in [7, 11) is 0. The van der Waals surface area contributed by atoms with Crippen LogP contribution in [0.2, 0.25) is 0 Å². The molecule has 0 aliphatic rings. The third-order valence-electron chi connectivity index (χ3n) is 9.67. The van der Waals surface area contributed by atoms with E-state index in [1.807, 2.05) is 74.5 Å². The van der Waals surface area contributed by atoms with Crippen LogP contribution >= 0.6 is 0 Å². The van der Waals surface area contributed by atoms with Crippen LogP contribution in [0.15, 0.2) is 158 Å². The topological polar surface area (TPSA) is 50.9 Å². The van der Waals surface area contributed by atoms with Crippen molar-refractivity contribution in [3.8, 4) is 67.5 Å². The second kappa shape index (κ2) is 13.7. The van der Waals surface area contributed by atoms with E-state index in [-0.39, 0.29) is 40.9 Å². The molecule has 0 aliphatic heterocycles. The van der Waals surface area contributed by atoms with Crippen LogP contribution in [0.3, 0.4) is 0 Å². The molecule has 4 nitrogen and oxygen atoms in total. The minimum atomic E-state index is -0.935. The fourth-order valence-electron chi connectivity index (χ4n) is 6.89. The number of para-hydroxylation sites is 2. The Morgan fingerprint density at radius 1 is 0.660 bits per heavy atom. The number of pyridine rings is 1. The Morgan fingerprint density at radius 3 is 2.15 bits per heavy atom. The third-order valence-corrected chi connectivity index (χ3v) is 9.67. The fraction of sp³-hybridized carbons (Fsp3) is 0.143. The summed E-state index contributed by atoms with van der Waals surface area (Å²) in [6, 6.07) is 37.4. The molecule has 1 N–H and O–H groups in total. The number of imidazole rings is 1. The normalized spacial score (nSPS) is 13.5. The average molecular weight is 696 g/mol. The van der Waals surface area contributed by atoms with Crippen LogP contribution in [0, 0.1) is 0 Å². The molecule has 2 aromatic heterocycles. The molecule has 0 saturated carbocycles. The van der Waals surface area contributed by atoms with Crippen LogP contribution in [-0.2, 0) is 5.41 Å². The molecule has 8 aromatic rings. The van der Waals surface area contributed by atoms with Crippen LogP contribution < -0.4 is 0 Å². The summed E-state index contributed by atoms with van der Waals surface area (Å²) in [5.41, 5.74) is 10.2. The zero-order valence-electron chi connectivity index (χ0n) is 36.4. The molecule has 0 aliphatic carbocycles. The molecule has 8 rings (SSSR count). The molecule has 0 unspecified atom stereocenters. The van der Waals surface area contributed by atoms with Gasteiger partial charge in [-0.3, -0.25) is 9.55 Å². The van der Waals surface area contributed by atoms with Crippen LogP contribution in [0.5, 0.6) is 5.75 Å². The third kappa shape index (κ3) is 6.53. The minimum Gasteiger partial charge on any atom is -0.507 e. The maximum absolute atomic E-state index is 11.3. The first-order valence-corrected chi connectivity index (χ1v) is 17.7. The number of aromatic nitrogens is 3. The van der Waals surface area contributed by atoms with E-state index in [1.165, 1.54) is 0 Å². The molecule has 6 aromatic carbocycles. The second-order valence-electron chi connectivity index (χ2n) is 14.5. The molecular weight excluding hydrogens is 647 g/mol. The lowest BCUT2D eigenvalue weighted by molar-refractivity contribution is 0.477. The van der Waals surface area contributed by atoms with Gasteiger partial charge in [0.05, 0.1) is 29.1 Å². The van der Waals surface area contributed by atoms with Gasteiger partial charge in [-0.2, -0.15) is 0 Å². The molecule has 0 spiro atoms. The van der Waals surface area contributed by atoms with Gasteiger partial charge in [0.1, 0.15) is 11.6 Å². The summed E-state index contributed by atoms with van der Waals surface area (Å²) in [5, 5.41) is 11.3. The van der Waals surface area contributed by atoms with E-state index in [0.717, 1.165) is 50.1 Å². The number of nitrogens with zero attached hydrogens (tertiary/aromatic N) is 3. The number of benzene rings is 6.